The third-order valence-corrected chi connectivity index (χ3v) is 4.27. The lowest BCUT2D eigenvalue weighted by molar-refractivity contribution is 0.409. The molecule has 0 saturated heterocycles. The molecule has 1 aliphatic carbocycles. The quantitative estimate of drug-likeness (QED) is 0.667. The zero-order valence-corrected chi connectivity index (χ0v) is 12.5. The van der Waals surface area contributed by atoms with Crippen LogP contribution in [0.5, 0.6) is 11.5 Å². The first-order valence-corrected chi connectivity index (χ1v) is 7.30. The molecule has 0 unspecified atom stereocenters. The molecular weight excluding hydrogens is 266 g/mol. The first kappa shape index (κ1) is 13.9. The zero-order valence-electron chi connectivity index (χ0n) is 12.5. The highest BCUT2D eigenvalue weighted by Crippen LogP contribution is 2.40. The zero-order chi connectivity index (χ0) is 14.8. The second-order valence-electron chi connectivity index (χ2n) is 5.41. The van der Waals surface area contributed by atoms with E-state index < -0.39 is 0 Å². The van der Waals surface area contributed by atoms with Crippen molar-refractivity contribution in [3.05, 3.63) is 23.9 Å². The maximum absolute atomic E-state index is 5.72. The molecule has 0 bridgehead atoms. The van der Waals surface area contributed by atoms with Crippen LogP contribution in [0.1, 0.15) is 37.3 Å². The van der Waals surface area contributed by atoms with Crippen molar-refractivity contribution in [1.29, 1.82) is 0 Å². The maximum Gasteiger partial charge on any atom is 0.145 e. The Kier molecular flexibility index (Phi) is 3.84. The molecule has 5 heteroatoms. The number of ether oxygens (including phenoxy) is 2. The third kappa shape index (κ3) is 2.38. The van der Waals surface area contributed by atoms with E-state index in [9.17, 15) is 0 Å². The minimum atomic E-state index is 0.511. The van der Waals surface area contributed by atoms with Crippen molar-refractivity contribution in [2.75, 3.05) is 19.6 Å². The number of nitrogens with zero attached hydrogens (tertiary/aromatic N) is 1. The number of hydrogen-bond donors (Lipinski definition) is 2. The molecule has 1 aromatic heterocycles. The summed E-state index contributed by atoms with van der Waals surface area (Å²) in [5, 5.41) is 0.862. The Morgan fingerprint density at radius 2 is 1.81 bits per heavy atom. The number of pyridine rings is 1. The van der Waals surface area contributed by atoms with E-state index >= 15 is 0 Å². The van der Waals surface area contributed by atoms with Crippen LogP contribution < -0.4 is 20.7 Å². The number of hydrazine groups is 1. The van der Waals surface area contributed by atoms with Gasteiger partial charge in [0.1, 0.15) is 17.0 Å². The number of hydrogen-bond acceptors (Lipinski definition) is 5. The summed E-state index contributed by atoms with van der Waals surface area (Å²) in [6, 6.07) is 5.80. The predicted octanol–water partition coefficient (Wildman–Crippen LogP) is 3.20. The van der Waals surface area contributed by atoms with Crippen LogP contribution >= 0.6 is 0 Å². The standard InChI is InChI=1S/C16H21N3O2/c1-20-13-7-8-14(21-2)16-15(13)12(19-17)9-11(18-16)10-5-3-4-6-10/h7-10H,3-6,17H2,1-2H3,(H,18,19). The second-order valence-corrected chi connectivity index (χ2v) is 5.41. The van der Waals surface area contributed by atoms with Crippen LogP contribution in [0.25, 0.3) is 10.9 Å². The monoisotopic (exact) mass is 287 g/mol. The Bertz CT molecular complexity index is 652. The highest BCUT2D eigenvalue weighted by Gasteiger charge is 2.22. The molecule has 112 valence electrons. The number of aromatic nitrogens is 1. The normalized spacial score (nSPS) is 15.4. The number of rotatable bonds is 4. The van der Waals surface area contributed by atoms with Gasteiger partial charge in [-0.05, 0) is 31.0 Å². The van der Waals surface area contributed by atoms with Crippen molar-refractivity contribution < 1.29 is 9.47 Å². The molecule has 1 fully saturated rings. The van der Waals surface area contributed by atoms with Crippen LogP contribution in [-0.4, -0.2) is 19.2 Å². The van der Waals surface area contributed by atoms with Gasteiger partial charge in [0, 0.05) is 11.6 Å². The van der Waals surface area contributed by atoms with Crippen LogP contribution in [0.3, 0.4) is 0 Å². The first-order chi connectivity index (χ1) is 10.3. The van der Waals surface area contributed by atoms with Gasteiger partial charge in [-0.1, -0.05) is 12.8 Å². The lowest BCUT2D eigenvalue weighted by atomic mass is 10.0. The van der Waals surface area contributed by atoms with E-state index in [1.54, 1.807) is 14.2 Å². The van der Waals surface area contributed by atoms with Crippen LogP contribution in [0.2, 0.25) is 0 Å². The summed E-state index contributed by atoms with van der Waals surface area (Å²) in [4.78, 5) is 4.84. The van der Waals surface area contributed by atoms with Gasteiger partial charge in [0.25, 0.3) is 0 Å². The van der Waals surface area contributed by atoms with Crippen LogP contribution in [0.4, 0.5) is 5.69 Å². The molecule has 0 atom stereocenters. The Hall–Kier alpha value is -2.01. The third-order valence-electron chi connectivity index (χ3n) is 4.27. The first-order valence-electron chi connectivity index (χ1n) is 7.30. The number of nitrogens with two attached hydrogens (primary N) is 1. The van der Waals surface area contributed by atoms with Gasteiger partial charge in [-0.25, -0.2) is 4.98 Å². The van der Waals surface area contributed by atoms with Crippen molar-refractivity contribution in [2.24, 2.45) is 5.84 Å². The summed E-state index contributed by atoms with van der Waals surface area (Å²) in [6.45, 7) is 0. The van der Waals surface area contributed by atoms with E-state index in [0.717, 1.165) is 33.8 Å². The smallest absolute Gasteiger partial charge is 0.145 e. The fraction of sp³-hybridized carbons (Fsp3) is 0.438. The maximum atomic E-state index is 5.72. The number of benzene rings is 1. The highest BCUT2D eigenvalue weighted by atomic mass is 16.5. The molecule has 1 heterocycles. The van der Waals surface area contributed by atoms with Gasteiger partial charge >= 0.3 is 0 Å². The summed E-state index contributed by atoms with van der Waals surface area (Å²) in [7, 11) is 3.30. The molecular formula is C16H21N3O2. The van der Waals surface area contributed by atoms with E-state index in [1.807, 2.05) is 18.2 Å². The van der Waals surface area contributed by atoms with Gasteiger partial charge in [0.15, 0.2) is 0 Å². The molecule has 0 amide bonds. The van der Waals surface area contributed by atoms with E-state index in [1.165, 1.54) is 25.7 Å². The molecule has 21 heavy (non-hydrogen) atoms. The lowest BCUT2D eigenvalue weighted by Gasteiger charge is -2.16. The molecule has 0 aliphatic heterocycles. The molecule has 0 spiro atoms. The number of methoxy groups -OCH3 is 2. The number of nitrogens with one attached hydrogen (secondary N) is 1. The van der Waals surface area contributed by atoms with E-state index in [2.05, 4.69) is 5.43 Å². The Morgan fingerprint density at radius 1 is 1.14 bits per heavy atom. The molecule has 1 saturated carbocycles. The van der Waals surface area contributed by atoms with E-state index in [-0.39, 0.29) is 0 Å². The SMILES string of the molecule is COc1ccc(OC)c2c(NN)cc(C3CCCC3)nc12. The van der Waals surface area contributed by atoms with Crippen molar-refractivity contribution in [1.82, 2.24) is 4.98 Å². The van der Waals surface area contributed by atoms with Crippen molar-refractivity contribution >= 4 is 16.6 Å². The van der Waals surface area contributed by atoms with Crippen molar-refractivity contribution in [2.45, 2.75) is 31.6 Å². The Morgan fingerprint density at radius 3 is 2.43 bits per heavy atom. The molecule has 1 aromatic carbocycles. The molecule has 2 aromatic rings. The van der Waals surface area contributed by atoms with Crippen molar-refractivity contribution in [3.8, 4) is 11.5 Å². The van der Waals surface area contributed by atoms with Gasteiger partial charge in [0.05, 0.1) is 25.3 Å². The minimum absolute atomic E-state index is 0.511. The van der Waals surface area contributed by atoms with Gasteiger partial charge in [-0.15, -0.1) is 0 Å². The summed E-state index contributed by atoms with van der Waals surface area (Å²) in [6.07, 6.45) is 4.92. The Balaban J connectivity index is 2.25. The summed E-state index contributed by atoms with van der Waals surface area (Å²) in [5.74, 6) is 7.71. The van der Waals surface area contributed by atoms with Crippen LogP contribution in [0, 0.1) is 0 Å². The molecule has 0 radical (unpaired) electrons. The van der Waals surface area contributed by atoms with Crippen molar-refractivity contribution in [3.63, 3.8) is 0 Å². The second kappa shape index (κ2) is 5.77. The number of nitrogen functional groups attached to an aromatic ring is 1. The summed E-state index contributed by atoms with van der Waals surface area (Å²) >= 11 is 0. The fourth-order valence-corrected chi connectivity index (χ4v) is 3.19. The fourth-order valence-electron chi connectivity index (χ4n) is 3.19. The average molecular weight is 287 g/mol. The Labute approximate surface area is 124 Å². The molecule has 1 aliphatic rings. The van der Waals surface area contributed by atoms with Gasteiger partial charge < -0.3 is 14.9 Å². The minimum Gasteiger partial charge on any atom is -0.496 e. The van der Waals surface area contributed by atoms with Gasteiger partial charge in [-0.3, -0.25) is 5.84 Å². The molecule has 5 nitrogen and oxygen atoms in total. The summed E-state index contributed by atoms with van der Waals surface area (Å²) < 4.78 is 10.9. The average Bonchev–Trinajstić information content (AvgIpc) is 3.07. The summed E-state index contributed by atoms with van der Waals surface area (Å²) in [5.41, 5.74) is 5.50. The molecule has 3 N–H and O–H groups in total. The van der Waals surface area contributed by atoms with E-state index in [4.69, 9.17) is 20.3 Å². The van der Waals surface area contributed by atoms with Gasteiger partial charge in [-0.2, -0.15) is 0 Å². The topological polar surface area (TPSA) is 69.4 Å². The molecule has 3 rings (SSSR count). The van der Waals surface area contributed by atoms with Crippen LogP contribution in [0.15, 0.2) is 18.2 Å². The highest BCUT2D eigenvalue weighted by molar-refractivity contribution is 5.99. The predicted molar refractivity (Wildman–Crippen MR) is 83.9 cm³/mol. The lowest BCUT2D eigenvalue weighted by Crippen LogP contribution is -2.10. The van der Waals surface area contributed by atoms with Gasteiger partial charge in [0.2, 0.25) is 0 Å². The largest absolute Gasteiger partial charge is 0.496 e. The van der Waals surface area contributed by atoms with E-state index in [0.29, 0.717) is 5.92 Å². The number of fused-ring (bicyclic) bond motifs is 1. The number of anilines is 1. The van der Waals surface area contributed by atoms with Crippen LogP contribution in [-0.2, 0) is 0 Å².